The summed E-state index contributed by atoms with van der Waals surface area (Å²) < 4.78 is 0.708. The molecule has 0 bridgehead atoms. The minimum Gasteiger partial charge on any atom is -0.506 e. The molecule has 0 fully saturated rings. The monoisotopic (exact) mass is 302 g/mol. The molecule has 0 spiro atoms. The van der Waals surface area contributed by atoms with Crippen molar-refractivity contribution < 1.29 is 10.0 Å². The van der Waals surface area contributed by atoms with E-state index >= 15 is 0 Å². The molecule has 21 heavy (non-hydrogen) atoms. The van der Waals surface area contributed by atoms with Crippen LogP contribution in [-0.4, -0.2) is 28.2 Å². The summed E-state index contributed by atoms with van der Waals surface area (Å²) >= 11 is 1.44. The summed E-state index contributed by atoms with van der Waals surface area (Å²) in [6.07, 6.45) is 0.991. The van der Waals surface area contributed by atoms with E-state index in [9.17, 15) is 9.90 Å². The predicted octanol–water partition coefficient (Wildman–Crippen LogP) is 0.804. The molecule has 0 amide bonds. The Morgan fingerprint density at radius 1 is 1.48 bits per heavy atom. The quantitative estimate of drug-likeness (QED) is 0.623. The van der Waals surface area contributed by atoms with Crippen molar-refractivity contribution in [2.24, 2.45) is 0 Å². The second-order valence-electron chi connectivity index (χ2n) is 5.55. The first kappa shape index (κ1) is 12.8. The molecule has 3 aromatic heterocycles. The Balaban J connectivity index is 2.01. The van der Waals surface area contributed by atoms with Gasteiger partial charge in [-0.2, -0.15) is 0 Å². The first-order chi connectivity index (χ1) is 10.2. The molecule has 5 nitrogen and oxygen atoms in total. The van der Waals surface area contributed by atoms with Crippen molar-refractivity contribution in [1.82, 2.24) is 9.97 Å². The topological polar surface area (TPSA) is 70.4 Å². The zero-order chi connectivity index (χ0) is 14.6. The molecule has 0 saturated carbocycles. The number of aromatic nitrogens is 2. The fraction of sp³-hybridized carbons (Fsp3) is 0.333. The van der Waals surface area contributed by atoms with E-state index in [1.54, 1.807) is 4.90 Å². The van der Waals surface area contributed by atoms with Crippen molar-refractivity contribution in [2.75, 3.05) is 13.1 Å². The van der Waals surface area contributed by atoms with Gasteiger partial charge >= 0.3 is 0 Å². The zero-order valence-electron chi connectivity index (χ0n) is 11.7. The molecular weight excluding hydrogens is 286 g/mol. The van der Waals surface area contributed by atoms with Gasteiger partial charge in [0.25, 0.3) is 5.56 Å². The molecule has 4 rings (SSSR count). The van der Waals surface area contributed by atoms with E-state index in [0.29, 0.717) is 10.2 Å². The van der Waals surface area contributed by atoms with Gasteiger partial charge in [-0.25, -0.2) is 4.98 Å². The molecule has 108 valence electrons. The molecule has 0 aliphatic carbocycles. The standard InChI is InChI=1S/C15H15N3O2S/c1-2-18-4-3-10-8(7-18)5-9-13-14(21-15(9)16-10)11(19)6-12(20)17-13/h5-6H,2-4,7H2,1H3,(H2,17,19,20)/p+1. The van der Waals surface area contributed by atoms with Gasteiger partial charge in [-0.1, -0.05) is 0 Å². The fourth-order valence-corrected chi connectivity index (χ4v) is 4.13. The summed E-state index contributed by atoms with van der Waals surface area (Å²) in [6, 6.07) is 3.36. The Labute approximate surface area is 124 Å². The Hall–Kier alpha value is -1.92. The van der Waals surface area contributed by atoms with Crippen LogP contribution in [0.1, 0.15) is 18.2 Å². The number of hydrogen-bond acceptors (Lipinski definition) is 4. The largest absolute Gasteiger partial charge is 0.506 e. The maximum atomic E-state index is 11.6. The van der Waals surface area contributed by atoms with Gasteiger partial charge in [-0.3, -0.25) is 4.79 Å². The maximum Gasteiger partial charge on any atom is 0.252 e. The first-order valence-corrected chi connectivity index (χ1v) is 7.98. The summed E-state index contributed by atoms with van der Waals surface area (Å²) in [6.45, 7) is 5.41. The average Bonchev–Trinajstić information content (AvgIpc) is 2.82. The van der Waals surface area contributed by atoms with Crippen molar-refractivity contribution in [3.05, 3.63) is 33.7 Å². The number of nitrogens with zero attached hydrogens (tertiary/aromatic N) is 1. The molecular formula is C15H16N3O2S+. The number of nitrogens with one attached hydrogen (secondary N) is 2. The molecule has 1 aliphatic rings. The Morgan fingerprint density at radius 2 is 2.33 bits per heavy atom. The van der Waals surface area contributed by atoms with Crippen molar-refractivity contribution in [3.63, 3.8) is 0 Å². The van der Waals surface area contributed by atoms with Crippen LogP contribution < -0.4 is 10.5 Å². The molecule has 0 radical (unpaired) electrons. The van der Waals surface area contributed by atoms with Crippen molar-refractivity contribution in [2.45, 2.75) is 19.9 Å². The number of pyridine rings is 2. The van der Waals surface area contributed by atoms with Gasteiger partial charge in [0.2, 0.25) is 0 Å². The third-order valence-corrected chi connectivity index (χ3v) is 5.38. The third kappa shape index (κ3) is 1.94. The highest BCUT2D eigenvalue weighted by atomic mass is 32.1. The highest BCUT2D eigenvalue weighted by Crippen LogP contribution is 2.36. The number of thiophene rings is 1. The van der Waals surface area contributed by atoms with Gasteiger partial charge < -0.3 is 15.0 Å². The zero-order valence-corrected chi connectivity index (χ0v) is 12.5. The summed E-state index contributed by atoms with van der Waals surface area (Å²) in [7, 11) is 0. The molecule has 0 saturated heterocycles. The smallest absolute Gasteiger partial charge is 0.252 e. The molecule has 1 aliphatic heterocycles. The maximum absolute atomic E-state index is 11.6. The van der Waals surface area contributed by atoms with Crippen LogP contribution in [0.3, 0.4) is 0 Å². The van der Waals surface area contributed by atoms with E-state index in [2.05, 4.69) is 18.0 Å². The molecule has 1 atom stereocenters. The SMILES string of the molecule is CC[NH+]1CCc2nc3sc4c(O)cc(=O)[nH]c4c3cc2C1. The van der Waals surface area contributed by atoms with Crippen molar-refractivity contribution in [3.8, 4) is 5.75 Å². The van der Waals surface area contributed by atoms with Crippen LogP contribution in [-0.2, 0) is 13.0 Å². The lowest BCUT2D eigenvalue weighted by Gasteiger charge is -2.23. The summed E-state index contributed by atoms with van der Waals surface area (Å²) in [4.78, 5) is 21.6. The average molecular weight is 302 g/mol. The molecule has 0 aromatic carbocycles. The van der Waals surface area contributed by atoms with Crippen molar-refractivity contribution >= 4 is 31.8 Å². The lowest BCUT2D eigenvalue weighted by atomic mass is 10.0. The van der Waals surface area contributed by atoms with Gasteiger partial charge in [-0.15, -0.1) is 11.3 Å². The molecule has 3 N–H and O–H groups in total. The van der Waals surface area contributed by atoms with Crippen LogP contribution in [0.15, 0.2) is 16.9 Å². The fourth-order valence-electron chi connectivity index (χ4n) is 3.08. The highest BCUT2D eigenvalue weighted by molar-refractivity contribution is 7.25. The van der Waals surface area contributed by atoms with E-state index in [4.69, 9.17) is 4.98 Å². The van der Waals surface area contributed by atoms with Gasteiger partial charge in [0, 0.05) is 23.4 Å². The van der Waals surface area contributed by atoms with Gasteiger partial charge in [0.15, 0.2) is 0 Å². The number of hydrogen-bond donors (Lipinski definition) is 3. The molecule has 1 unspecified atom stereocenters. The number of aromatic amines is 1. The highest BCUT2D eigenvalue weighted by Gasteiger charge is 2.22. The number of aromatic hydroxyl groups is 1. The Bertz CT molecular complexity index is 913. The van der Waals surface area contributed by atoms with Crippen LogP contribution in [0.5, 0.6) is 5.75 Å². The van der Waals surface area contributed by atoms with E-state index in [1.807, 2.05) is 0 Å². The van der Waals surface area contributed by atoms with E-state index in [1.165, 1.54) is 23.0 Å². The second-order valence-corrected chi connectivity index (χ2v) is 6.55. The molecule has 4 heterocycles. The lowest BCUT2D eigenvalue weighted by Crippen LogP contribution is -3.11. The minimum absolute atomic E-state index is 0.0375. The molecule has 6 heteroatoms. The Kier molecular flexibility index (Phi) is 2.77. The first-order valence-electron chi connectivity index (χ1n) is 7.16. The molecule has 3 aromatic rings. The minimum atomic E-state index is -0.279. The third-order valence-electron chi connectivity index (χ3n) is 4.26. The van der Waals surface area contributed by atoms with E-state index in [-0.39, 0.29) is 11.3 Å². The second kappa shape index (κ2) is 4.54. The normalized spacial score (nSPS) is 18.2. The van der Waals surface area contributed by atoms with Gasteiger partial charge in [0.05, 0.1) is 29.0 Å². The lowest BCUT2D eigenvalue weighted by molar-refractivity contribution is -0.914. The summed E-state index contributed by atoms with van der Waals surface area (Å²) in [5.74, 6) is 0.0375. The van der Waals surface area contributed by atoms with E-state index in [0.717, 1.165) is 42.0 Å². The Morgan fingerprint density at radius 3 is 3.14 bits per heavy atom. The van der Waals surface area contributed by atoms with Crippen LogP contribution >= 0.6 is 11.3 Å². The van der Waals surface area contributed by atoms with Crippen LogP contribution in [0.25, 0.3) is 20.4 Å². The van der Waals surface area contributed by atoms with Crippen LogP contribution in [0.4, 0.5) is 0 Å². The van der Waals surface area contributed by atoms with Gasteiger partial charge in [-0.05, 0) is 13.0 Å². The van der Waals surface area contributed by atoms with Crippen LogP contribution in [0.2, 0.25) is 0 Å². The van der Waals surface area contributed by atoms with Gasteiger partial charge in [0.1, 0.15) is 17.1 Å². The summed E-state index contributed by atoms with van der Waals surface area (Å²) in [5, 5.41) is 10.9. The van der Waals surface area contributed by atoms with E-state index < -0.39 is 0 Å². The predicted molar refractivity (Wildman–Crippen MR) is 83.2 cm³/mol. The number of rotatable bonds is 1. The number of H-pyrrole nitrogens is 1. The van der Waals surface area contributed by atoms with Crippen LogP contribution in [0, 0.1) is 0 Å². The number of quaternary nitrogens is 1. The number of likely N-dealkylation sites (N-methyl/N-ethyl adjacent to an activating group) is 1. The summed E-state index contributed by atoms with van der Waals surface area (Å²) in [5.41, 5.74) is 2.85. The van der Waals surface area contributed by atoms with Crippen molar-refractivity contribution in [1.29, 1.82) is 0 Å². The number of fused-ring (bicyclic) bond motifs is 4.